The Morgan fingerprint density at radius 2 is 1.71 bits per heavy atom. The number of carbonyl (C=O) groups is 4. The standard InChI is InChI=1S/C33H43N3O6/c1-7-42-29(38)16-15-25(17-20(2)3)34-32(40)27-18-23-11-8-9-12-24(23)19-36(27)33(41)30(21(4)5)35-31(39)26-13-10-14-28(37)22(26)6/h8-16,20-21,25,27,30,37H,7,17-19H2,1-6H3,(H,34,40)(H,35,39)/b16-15+/t25-,27+,30+/m1/s1. The molecule has 1 heterocycles. The van der Waals surface area contributed by atoms with Crippen LogP contribution in [-0.2, 0) is 32.1 Å². The Labute approximate surface area is 248 Å². The topological polar surface area (TPSA) is 125 Å². The normalized spacial score (nSPS) is 16.2. The van der Waals surface area contributed by atoms with Gasteiger partial charge in [-0.15, -0.1) is 0 Å². The highest BCUT2D eigenvalue weighted by Gasteiger charge is 2.39. The Balaban J connectivity index is 1.90. The Bertz CT molecular complexity index is 1320. The van der Waals surface area contributed by atoms with Crippen molar-refractivity contribution >= 4 is 23.7 Å². The van der Waals surface area contributed by atoms with E-state index in [-0.39, 0.29) is 48.1 Å². The van der Waals surface area contributed by atoms with Crippen molar-refractivity contribution in [1.82, 2.24) is 15.5 Å². The number of ether oxygens (including phenoxy) is 1. The highest BCUT2D eigenvalue weighted by atomic mass is 16.5. The van der Waals surface area contributed by atoms with Crippen LogP contribution in [0.1, 0.15) is 68.1 Å². The molecule has 0 saturated carbocycles. The zero-order valence-electron chi connectivity index (χ0n) is 25.3. The quantitative estimate of drug-likeness (QED) is 0.273. The maximum absolute atomic E-state index is 14.1. The van der Waals surface area contributed by atoms with Crippen LogP contribution < -0.4 is 10.6 Å². The number of hydrogen-bond acceptors (Lipinski definition) is 6. The molecule has 0 fully saturated rings. The minimum Gasteiger partial charge on any atom is -0.508 e. The second-order valence-corrected chi connectivity index (χ2v) is 11.5. The van der Waals surface area contributed by atoms with Gasteiger partial charge in [-0.3, -0.25) is 14.4 Å². The molecule has 9 heteroatoms. The number of fused-ring (bicyclic) bond motifs is 1. The number of nitrogens with zero attached hydrogens (tertiary/aromatic N) is 1. The number of rotatable bonds is 11. The van der Waals surface area contributed by atoms with Gasteiger partial charge in [0.1, 0.15) is 17.8 Å². The van der Waals surface area contributed by atoms with E-state index in [1.54, 1.807) is 37.0 Å². The summed E-state index contributed by atoms with van der Waals surface area (Å²) >= 11 is 0. The largest absolute Gasteiger partial charge is 0.508 e. The molecule has 0 radical (unpaired) electrons. The molecule has 0 bridgehead atoms. The molecule has 3 rings (SSSR count). The smallest absolute Gasteiger partial charge is 0.330 e. The molecule has 42 heavy (non-hydrogen) atoms. The van der Waals surface area contributed by atoms with E-state index in [9.17, 15) is 24.3 Å². The van der Waals surface area contributed by atoms with Crippen LogP contribution in [0.3, 0.4) is 0 Å². The lowest BCUT2D eigenvalue weighted by atomic mass is 9.91. The van der Waals surface area contributed by atoms with E-state index in [1.807, 2.05) is 52.0 Å². The van der Waals surface area contributed by atoms with Gasteiger partial charge in [-0.25, -0.2) is 4.79 Å². The predicted octanol–water partition coefficient (Wildman–Crippen LogP) is 4.06. The summed E-state index contributed by atoms with van der Waals surface area (Å²) in [6.07, 6.45) is 3.86. The number of benzene rings is 2. The summed E-state index contributed by atoms with van der Waals surface area (Å²) < 4.78 is 4.99. The lowest BCUT2D eigenvalue weighted by Crippen LogP contribution is -2.59. The Morgan fingerprint density at radius 1 is 1.02 bits per heavy atom. The molecule has 3 amide bonds. The van der Waals surface area contributed by atoms with E-state index in [0.717, 1.165) is 11.1 Å². The van der Waals surface area contributed by atoms with Crippen LogP contribution in [0.15, 0.2) is 54.6 Å². The first-order chi connectivity index (χ1) is 19.9. The summed E-state index contributed by atoms with van der Waals surface area (Å²) in [6, 6.07) is 10.2. The van der Waals surface area contributed by atoms with Crippen LogP contribution in [0, 0.1) is 18.8 Å². The molecule has 9 nitrogen and oxygen atoms in total. The predicted molar refractivity (Wildman–Crippen MR) is 161 cm³/mol. The van der Waals surface area contributed by atoms with Gasteiger partial charge in [0.05, 0.1) is 6.61 Å². The third-order valence-corrected chi connectivity index (χ3v) is 7.41. The minimum absolute atomic E-state index is 0.00703. The highest BCUT2D eigenvalue weighted by molar-refractivity contribution is 6.00. The summed E-state index contributed by atoms with van der Waals surface area (Å²) in [5.41, 5.74) is 2.61. The molecule has 3 N–H and O–H groups in total. The molecule has 1 aliphatic heterocycles. The first-order valence-electron chi connectivity index (χ1n) is 14.5. The van der Waals surface area contributed by atoms with Crippen LogP contribution in [0.5, 0.6) is 5.75 Å². The van der Waals surface area contributed by atoms with E-state index >= 15 is 0 Å². The first kappa shape index (κ1) is 32.4. The average molecular weight is 578 g/mol. The van der Waals surface area contributed by atoms with Crippen molar-refractivity contribution in [2.45, 2.75) is 79.1 Å². The fourth-order valence-corrected chi connectivity index (χ4v) is 5.13. The number of nitrogens with one attached hydrogen (secondary N) is 2. The molecular formula is C33H43N3O6. The molecule has 226 valence electrons. The summed E-state index contributed by atoms with van der Waals surface area (Å²) in [5, 5.41) is 16.0. The first-order valence-corrected chi connectivity index (χ1v) is 14.5. The number of aromatic hydroxyl groups is 1. The Morgan fingerprint density at radius 3 is 2.36 bits per heavy atom. The number of carbonyl (C=O) groups excluding carboxylic acids is 4. The van der Waals surface area contributed by atoms with Gasteiger partial charge in [-0.05, 0) is 55.4 Å². The molecule has 0 saturated heterocycles. The fraction of sp³-hybridized carbons (Fsp3) is 0.455. The molecule has 2 aromatic carbocycles. The van der Waals surface area contributed by atoms with E-state index in [4.69, 9.17) is 4.74 Å². The monoisotopic (exact) mass is 577 g/mol. The molecule has 0 aliphatic carbocycles. The molecule has 1 aliphatic rings. The van der Waals surface area contributed by atoms with Crippen LogP contribution >= 0.6 is 0 Å². The van der Waals surface area contributed by atoms with E-state index in [1.165, 1.54) is 12.1 Å². The molecule has 2 aromatic rings. The number of amides is 3. The average Bonchev–Trinajstić information content (AvgIpc) is 2.94. The van der Waals surface area contributed by atoms with Crippen molar-refractivity contribution < 1.29 is 29.0 Å². The molecular weight excluding hydrogens is 534 g/mol. The maximum atomic E-state index is 14.1. The lowest BCUT2D eigenvalue weighted by molar-refractivity contribution is -0.144. The third-order valence-electron chi connectivity index (χ3n) is 7.41. The van der Waals surface area contributed by atoms with Gasteiger partial charge < -0.3 is 25.4 Å². The van der Waals surface area contributed by atoms with Crippen molar-refractivity contribution in [3.63, 3.8) is 0 Å². The van der Waals surface area contributed by atoms with Crippen molar-refractivity contribution in [2.24, 2.45) is 11.8 Å². The van der Waals surface area contributed by atoms with Gasteiger partial charge in [-0.1, -0.05) is 64.1 Å². The summed E-state index contributed by atoms with van der Waals surface area (Å²) in [4.78, 5) is 54.7. The second kappa shape index (κ2) is 14.7. The van der Waals surface area contributed by atoms with Crippen molar-refractivity contribution in [1.29, 1.82) is 0 Å². The van der Waals surface area contributed by atoms with E-state index in [0.29, 0.717) is 18.4 Å². The van der Waals surface area contributed by atoms with Crippen LogP contribution in [-0.4, -0.2) is 58.4 Å². The molecule has 0 spiro atoms. The van der Waals surface area contributed by atoms with Crippen LogP contribution in [0.2, 0.25) is 0 Å². The lowest BCUT2D eigenvalue weighted by Gasteiger charge is -2.39. The van der Waals surface area contributed by atoms with E-state index < -0.39 is 30.0 Å². The fourth-order valence-electron chi connectivity index (χ4n) is 5.13. The van der Waals surface area contributed by atoms with Crippen molar-refractivity contribution in [3.8, 4) is 5.75 Å². The number of phenolic OH excluding ortho intramolecular Hbond substituents is 1. The summed E-state index contributed by atoms with van der Waals surface area (Å²) in [5.74, 6) is -1.72. The zero-order chi connectivity index (χ0) is 31.0. The van der Waals surface area contributed by atoms with Gasteiger partial charge in [-0.2, -0.15) is 0 Å². The summed E-state index contributed by atoms with van der Waals surface area (Å²) in [7, 11) is 0. The summed E-state index contributed by atoms with van der Waals surface area (Å²) in [6.45, 7) is 11.5. The van der Waals surface area contributed by atoms with Crippen LogP contribution in [0.4, 0.5) is 0 Å². The number of esters is 1. The maximum Gasteiger partial charge on any atom is 0.330 e. The van der Waals surface area contributed by atoms with Gasteiger partial charge in [0.15, 0.2) is 0 Å². The number of hydrogen-bond donors (Lipinski definition) is 3. The molecule has 3 atom stereocenters. The minimum atomic E-state index is -0.907. The second-order valence-electron chi connectivity index (χ2n) is 11.5. The Hall–Kier alpha value is -4.14. The Kier molecular flexibility index (Phi) is 11.3. The third kappa shape index (κ3) is 8.21. The highest BCUT2D eigenvalue weighted by Crippen LogP contribution is 2.26. The number of phenols is 1. The van der Waals surface area contributed by atoms with Gasteiger partial charge in [0, 0.05) is 36.2 Å². The van der Waals surface area contributed by atoms with Gasteiger partial charge in [0.2, 0.25) is 11.8 Å². The van der Waals surface area contributed by atoms with Gasteiger partial charge >= 0.3 is 5.97 Å². The zero-order valence-corrected chi connectivity index (χ0v) is 25.3. The van der Waals surface area contributed by atoms with E-state index in [2.05, 4.69) is 10.6 Å². The SMILES string of the molecule is CCOC(=O)/C=C/[C@H](CC(C)C)NC(=O)[C@@H]1Cc2ccccc2CN1C(=O)[C@@H](NC(=O)c1cccc(O)c1C)C(C)C. The van der Waals surface area contributed by atoms with Crippen molar-refractivity contribution in [2.75, 3.05) is 6.61 Å². The van der Waals surface area contributed by atoms with Gasteiger partial charge in [0.25, 0.3) is 5.91 Å². The molecule has 0 unspecified atom stereocenters. The van der Waals surface area contributed by atoms with Crippen LogP contribution in [0.25, 0.3) is 0 Å². The molecule has 0 aromatic heterocycles. The van der Waals surface area contributed by atoms with Crippen molar-refractivity contribution in [3.05, 3.63) is 76.9 Å².